The molecule has 0 aromatic carbocycles. The van der Waals surface area contributed by atoms with Crippen molar-refractivity contribution in [3.8, 4) is 0 Å². The maximum Gasteiger partial charge on any atom is 0.133 e. The minimum absolute atomic E-state index is 0.273. The Morgan fingerprint density at radius 1 is 1.35 bits per heavy atom. The summed E-state index contributed by atoms with van der Waals surface area (Å²) in [5, 5.41) is 0. The molecule has 2 rings (SSSR count). The Morgan fingerprint density at radius 3 is 2.76 bits per heavy atom. The highest BCUT2D eigenvalue weighted by Gasteiger charge is 2.17. The SMILES string of the molecule is CCc1c(C)nc(CC2CCCCO2)nc1N. The van der Waals surface area contributed by atoms with Gasteiger partial charge in [-0.1, -0.05) is 6.92 Å². The Kier molecular flexibility index (Phi) is 3.94. The summed E-state index contributed by atoms with van der Waals surface area (Å²) in [5.41, 5.74) is 8.02. The molecular formula is C13H21N3O. The number of anilines is 1. The van der Waals surface area contributed by atoms with Gasteiger partial charge < -0.3 is 10.5 Å². The van der Waals surface area contributed by atoms with Crippen molar-refractivity contribution in [1.29, 1.82) is 0 Å². The van der Waals surface area contributed by atoms with Gasteiger partial charge in [0.05, 0.1) is 6.10 Å². The lowest BCUT2D eigenvalue weighted by atomic mass is 10.1. The summed E-state index contributed by atoms with van der Waals surface area (Å²) >= 11 is 0. The zero-order valence-corrected chi connectivity index (χ0v) is 10.7. The first-order valence-electron chi connectivity index (χ1n) is 6.44. The monoisotopic (exact) mass is 235 g/mol. The van der Waals surface area contributed by atoms with Crippen LogP contribution < -0.4 is 5.73 Å². The number of nitrogens with zero attached hydrogens (tertiary/aromatic N) is 2. The van der Waals surface area contributed by atoms with Gasteiger partial charge in [0.2, 0.25) is 0 Å². The fraction of sp³-hybridized carbons (Fsp3) is 0.692. The summed E-state index contributed by atoms with van der Waals surface area (Å²) in [6.07, 6.45) is 5.47. The second-order valence-corrected chi connectivity index (χ2v) is 4.64. The molecule has 1 aromatic rings. The summed E-state index contributed by atoms with van der Waals surface area (Å²) in [5.74, 6) is 1.45. The second kappa shape index (κ2) is 5.45. The van der Waals surface area contributed by atoms with Gasteiger partial charge in [-0.2, -0.15) is 0 Å². The zero-order chi connectivity index (χ0) is 12.3. The van der Waals surface area contributed by atoms with E-state index in [4.69, 9.17) is 10.5 Å². The fourth-order valence-corrected chi connectivity index (χ4v) is 2.38. The van der Waals surface area contributed by atoms with Gasteiger partial charge in [0.1, 0.15) is 11.6 Å². The molecule has 0 bridgehead atoms. The van der Waals surface area contributed by atoms with Crippen molar-refractivity contribution in [1.82, 2.24) is 9.97 Å². The quantitative estimate of drug-likeness (QED) is 0.871. The first kappa shape index (κ1) is 12.3. The Labute approximate surface area is 103 Å². The highest BCUT2D eigenvalue weighted by atomic mass is 16.5. The Hall–Kier alpha value is -1.16. The molecule has 0 saturated carbocycles. The van der Waals surface area contributed by atoms with Gasteiger partial charge in [0, 0.05) is 24.3 Å². The highest BCUT2D eigenvalue weighted by molar-refractivity contribution is 5.41. The number of nitrogen functional groups attached to an aromatic ring is 1. The molecule has 2 heterocycles. The lowest BCUT2D eigenvalue weighted by Gasteiger charge is -2.22. The van der Waals surface area contributed by atoms with E-state index >= 15 is 0 Å². The first-order valence-corrected chi connectivity index (χ1v) is 6.44. The molecule has 1 aliphatic heterocycles. The molecule has 1 atom stereocenters. The summed E-state index contributed by atoms with van der Waals surface area (Å²) in [4.78, 5) is 8.91. The highest BCUT2D eigenvalue weighted by Crippen LogP contribution is 2.18. The van der Waals surface area contributed by atoms with Gasteiger partial charge in [-0.05, 0) is 32.6 Å². The van der Waals surface area contributed by atoms with E-state index in [0.717, 1.165) is 43.0 Å². The minimum Gasteiger partial charge on any atom is -0.383 e. The van der Waals surface area contributed by atoms with E-state index in [0.29, 0.717) is 5.82 Å². The van der Waals surface area contributed by atoms with Crippen LogP contribution in [0.4, 0.5) is 5.82 Å². The third-order valence-corrected chi connectivity index (χ3v) is 3.33. The van der Waals surface area contributed by atoms with E-state index < -0.39 is 0 Å². The van der Waals surface area contributed by atoms with Crippen LogP contribution in [0.25, 0.3) is 0 Å². The average Bonchev–Trinajstić information content (AvgIpc) is 2.30. The third-order valence-electron chi connectivity index (χ3n) is 3.33. The van der Waals surface area contributed by atoms with Crippen LogP contribution in [0.2, 0.25) is 0 Å². The van der Waals surface area contributed by atoms with Crippen LogP contribution >= 0.6 is 0 Å². The molecule has 1 fully saturated rings. The van der Waals surface area contributed by atoms with Crippen LogP contribution in [0, 0.1) is 6.92 Å². The second-order valence-electron chi connectivity index (χ2n) is 4.64. The van der Waals surface area contributed by atoms with E-state index in [1.807, 2.05) is 6.92 Å². The normalized spacial score (nSPS) is 20.5. The Balaban J connectivity index is 2.10. The number of rotatable bonds is 3. The van der Waals surface area contributed by atoms with E-state index in [2.05, 4.69) is 16.9 Å². The molecule has 0 radical (unpaired) electrons. The van der Waals surface area contributed by atoms with Crippen molar-refractivity contribution in [3.05, 3.63) is 17.1 Å². The topological polar surface area (TPSA) is 61.0 Å². The summed E-state index contributed by atoms with van der Waals surface area (Å²) < 4.78 is 5.70. The van der Waals surface area contributed by atoms with Gasteiger partial charge in [-0.15, -0.1) is 0 Å². The van der Waals surface area contributed by atoms with Crippen LogP contribution in [-0.4, -0.2) is 22.7 Å². The molecule has 2 N–H and O–H groups in total. The van der Waals surface area contributed by atoms with Crippen molar-refractivity contribution in [2.24, 2.45) is 0 Å². The zero-order valence-electron chi connectivity index (χ0n) is 10.7. The maximum absolute atomic E-state index is 5.95. The molecule has 1 saturated heterocycles. The molecule has 1 aliphatic rings. The number of nitrogens with two attached hydrogens (primary N) is 1. The number of ether oxygens (including phenoxy) is 1. The standard InChI is InChI=1S/C13H21N3O/c1-3-11-9(2)15-12(16-13(11)14)8-10-6-4-5-7-17-10/h10H,3-8H2,1-2H3,(H2,14,15,16). The maximum atomic E-state index is 5.95. The van der Waals surface area contributed by atoms with Crippen molar-refractivity contribution in [2.75, 3.05) is 12.3 Å². The van der Waals surface area contributed by atoms with E-state index in [1.54, 1.807) is 0 Å². The molecule has 94 valence electrons. The van der Waals surface area contributed by atoms with Gasteiger partial charge in [0.15, 0.2) is 0 Å². The Morgan fingerprint density at radius 2 is 2.18 bits per heavy atom. The van der Waals surface area contributed by atoms with Crippen LogP contribution in [0.15, 0.2) is 0 Å². The first-order chi connectivity index (χ1) is 8.20. The number of hydrogen-bond acceptors (Lipinski definition) is 4. The summed E-state index contributed by atoms with van der Waals surface area (Å²) in [6, 6.07) is 0. The lowest BCUT2D eigenvalue weighted by Crippen LogP contribution is -2.23. The van der Waals surface area contributed by atoms with E-state index in [9.17, 15) is 0 Å². The lowest BCUT2D eigenvalue weighted by molar-refractivity contribution is 0.0156. The Bertz CT molecular complexity index is 363. The molecule has 0 aliphatic carbocycles. The summed E-state index contributed by atoms with van der Waals surface area (Å²) in [7, 11) is 0. The third kappa shape index (κ3) is 2.94. The van der Waals surface area contributed by atoms with E-state index in [1.165, 1.54) is 12.8 Å². The van der Waals surface area contributed by atoms with Crippen LogP contribution in [0.3, 0.4) is 0 Å². The van der Waals surface area contributed by atoms with Crippen molar-refractivity contribution in [2.45, 2.75) is 52.1 Å². The largest absolute Gasteiger partial charge is 0.383 e. The molecule has 1 aromatic heterocycles. The van der Waals surface area contributed by atoms with Crippen LogP contribution in [-0.2, 0) is 17.6 Å². The molecule has 0 spiro atoms. The van der Waals surface area contributed by atoms with Gasteiger partial charge in [-0.3, -0.25) is 0 Å². The number of aromatic nitrogens is 2. The number of hydrogen-bond donors (Lipinski definition) is 1. The molecular weight excluding hydrogens is 214 g/mol. The molecule has 0 amide bonds. The molecule has 4 heteroatoms. The molecule has 1 unspecified atom stereocenters. The predicted octanol–water partition coefficient (Wildman–Crippen LogP) is 2.04. The smallest absolute Gasteiger partial charge is 0.133 e. The molecule has 17 heavy (non-hydrogen) atoms. The number of aryl methyl sites for hydroxylation is 1. The minimum atomic E-state index is 0.273. The van der Waals surface area contributed by atoms with Gasteiger partial charge in [0.25, 0.3) is 0 Å². The van der Waals surface area contributed by atoms with Crippen LogP contribution in [0.1, 0.15) is 43.3 Å². The van der Waals surface area contributed by atoms with Crippen molar-refractivity contribution >= 4 is 5.82 Å². The van der Waals surface area contributed by atoms with Gasteiger partial charge >= 0.3 is 0 Å². The van der Waals surface area contributed by atoms with E-state index in [-0.39, 0.29) is 6.10 Å². The van der Waals surface area contributed by atoms with Crippen molar-refractivity contribution in [3.63, 3.8) is 0 Å². The van der Waals surface area contributed by atoms with Crippen LogP contribution in [0.5, 0.6) is 0 Å². The summed E-state index contributed by atoms with van der Waals surface area (Å²) in [6.45, 7) is 4.94. The van der Waals surface area contributed by atoms with Gasteiger partial charge in [-0.25, -0.2) is 9.97 Å². The fourth-order valence-electron chi connectivity index (χ4n) is 2.38. The average molecular weight is 235 g/mol. The molecule has 4 nitrogen and oxygen atoms in total. The van der Waals surface area contributed by atoms with Crippen molar-refractivity contribution < 1.29 is 4.74 Å². The predicted molar refractivity (Wildman–Crippen MR) is 67.9 cm³/mol.